The standard InChI is InChI=1S/C29H33F3N10O2S/c30-23-15-34-27(19-13-35-42(17-19)45(43,44)21-6-7-21)38-28(23)37-26-12-25(22(14-33-26)24-8-11-41(39-24)29(31)32)36-20-4-2-18(3-5-20)16-40-9-1-10-40/h8,11-15,17-18,20-21,29H,1-7,9-10,16H2,(H2,33,34,36,37,38). The molecule has 2 N–H and O–H groups in total. The Morgan fingerprint density at radius 3 is 2.51 bits per heavy atom. The summed E-state index contributed by atoms with van der Waals surface area (Å²) in [5, 5.41) is 14.0. The number of likely N-dealkylation sites (tertiary alicyclic amines) is 1. The van der Waals surface area contributed by atoms with Gasteiger partial charge in [-0.3, -0.25) is 0 Å². The van der Waals surface area contributed by atoms with Crippen LogP contribution in [0.1, 0.15) is 51.5 Å². The summed E-state index contributed by atoms with van der Waals surface area (Å²) in [4.78, 5) is 15.2. The van der Waals surface area contributed by atoms with Crippen molar-refractivity contribution >= 4 is 27.3 Å². The number of rotatable bonds is 11. The minimum Gasteiger partial charge on any atom is -0.382 e. The molecule has 5 heterocycles. The molecule has 238 valence electrons. The highest BCUT2D eigenvalue weighted by Crippen LogP contribution is 2.35. The van der Waals surface area contributed by atoms with Crippen LogP contribution in [-0.2, 0) is 10.0 Å². The van der Waals surface area contributed by atoms with Gasteiger partial charge in [0.05, 0.1) is 35.1 Å². The number of nitrogens with one attached hydrogen (secondary N) is 2. The summed E-state index contributed by atoms with van der Waals surface area (Å²) >= 11 is 0. The maximum absolute atomic E-state index is 14.9. The Morgan fingerprint density at radius 2 is 1.82 bits per heavy atom. The van der Waals surface area contributed by atoms with Gasteiger partial charge in [0.25, 0.3) is 10.0 Å². The molecule has 45 heavy (non-hydrogen) atoms. The van der Waals surface area contributed by atoms with Crippen LogP contribution >= 0.6 is 0 Å². The molecule has 0 unspecified atom stereocenters. The number of hydrogen-bond donors (Lipinski definition) is 2. The Kier molecular flexibility index (Phi) is 7.93. The Bertz CT molecular complexity index is 1780. The second kappa shape index (κ2) is 12.0. The maximum atomic E-state index is 14.9. The zero-order valence-corrected chi connectivity index (χ0v) is 25.2. The van der Waals surface area contributed by atoms with Crippen LogP contribution in [-0.4, -0.2) is 78.2 Å². The summed E-state index contributed by atoms with van der Waals surface area (Å²) in [6.07, 6.45) is 12.9. The summed E-state index contributed by atoms with van der Waals surface area (Å²) in [5.41, 5.74) is 1.81. The van der Waals surface area contributed by atoms with Crippen LogP contribution in [0.2, 0.25) is 0 Å². The van der Waals surface area contributed by atoms with Crippen molar-refractivity contribution in [3.63, 3.8) is 0 Å². The topological polar surface area (TPSA) is 136 Å². The van der Waals surface area contributed by atoms with Crippen LogP contribution in [0.15, 0.2) is 43.1 Å². The third-order valence-corrected chi connectivity index (χ3v) is 10.7. The van der Waals surface area contributed by atoms with Crippen LogP contribution in [0.4, 0.5) is 30.5 Å². The molecular weight excluding hydrogens is 609 g/mol. The predicted molar refractivity (Wildman–Crippen MR) is 161 cm³/mol. The van der Waals surface area contributed by atoms with E-state index >= 15 is 0 Å². The van der Waals surface area contributed by atoms with E-state index in [1.165, 1.54) is 50.4 Å². The lowest BCUT2D eigenvalue weighted by Gasteiger charge is -2.37. The summed E-state index contributed by atoms with van der Waals surface area (Å²) < 4.78 is 68.1. The number of anilines is 3. The first kappa shape index (κ1) is 29.6. The first-order valence-corrected chi connectivity index (χ1v) is 16.6. The molecule has 0 bridgehead atoms. The molecule has 16 heteroatoms. The molecule has 0 radical (unpaired) electrons. The SMILES string of the molecule is O=S(=O)(C1CC1)n1cc(-c2ncc(F)c(Nc3cc(NC4CCC(CN5CCC5)CC4)c(-c4ccn(C(F)F)n4)cn3)n2)cn1. The van der Waals surface area contributed by atoms with E-state index in [1.807, 2.05) is 0 Å². The van der Waals surface area contributed by atoms with Gasteiger partial charge in [0.2, 0.25) is 0 Å². The molecule has 12 nitrogen and oxygen atoms in total. The number of halogens is 3. The molecule has 1 aliphatic heterocycles. The monoisotopic (exact) mass is 642 g/mol. The van der Waals surface area contributed by atoms with E-state index in [0.29, 0.717) is 45.9 Å². The van der Waals surface area contributed by atoms with Crippen molar-refractivity contribution in [3.05, 3.63) is 48.9 Å². The first-order chi connectivity index (χ1) is 21.7. The van der Waals surface area contributed by atoms with Crippen molar-refractivity contribution in [2.24, 2.45) is 5.92 Å². The van der Waals surface area contributed by atoms with Gasteiger partial charge in [-0.25, -0.2) is 32.4 Å². The van der Waals surface area contributed by atoms with Crippen LogP contribution in [0, 0.1) is 11.7 Å². The van der Waals surface area contributed by atoms with E-state index in [4.69, 9.17) is 0 Å². The maximum Gasteiger partial charge on any atom is 0.333 e. The van der Waals surface area contributed by atoms with E-state index in [2.05, 4.69) is 40.7 Å². The van der Waals surface area contributed by atoms with E-state index in [1.54, 1.807) is 6.07 Å². The highest BCUT2D eigenvalue weighted by molar-refractivity contribution is 7.90. The van der Waals surface area contributed by atoms with Crippen molar-refractivity contribution in [1.29, 1.82) is 0 Å². The summed E-state index contributed by atoms with van der Waals surface area (Å²) in [5.74, 6) is 0.0936. The molecule has 4 aromatic heterocycles. The quantitative estimate of drug-likeness (QED) is 0.233. The lowest BCUT2D eigenvalue weighted by Crippen LogP contribution is -2.41. The smallest absolute Gasteiger partial charge is 0.333 e. The molecule has 2 aliphatic carbocycles. The fourth-order valence-electron chi connectivity index (χ4n) is 5.87. The van der Waals surface area contributed by atoms with Gasteiger partial charge in [-0.2, -0.15) is 23.1 Å². The average Bonchev–Trinajstić information content (AvgIpc) is 3.54. The van der Waals surface area contributed by atoms with Gasteiger partial charge in [-0.1, -0.05) is 0 Å². The van der Waals surface area contributed by atoms with E-state index in [9.17, 15) is 21.6 Å². The molecule has 2 saturated carbocycles. The van der Waals surface area contributed by atoms with Crippen molar-refractivity contribution in [3.8, 4) is 22.6 Å². The van der Waals surface area contributed by atoms with Crippen LogP contribution < -0.4 is 10.6 Å². The summed E-state index contributed by atoms with van der Waals surface area (Å²) in [6.45, 7) is 0.720. The minimum absolute atomic E-state index is 0.0821. The van der Waals surface area contributed by atoms with Gasteiger partial charge in [0.15, 0.2) is 17.5 Å². The largest absolute Gasteiger partial charge is 0.382 e. The summed E-state index contributed by atoms with van der Waals surface area (Å²) in [7, 11) is -3.58. The van der Waals surface area contributed by atoms with Gasteiger partial charge in [-0.05, 0) is 70.0 Å². The van der Waals surface area contributed by atoms with E-state index in [0.717, 1.165) is 42.5 Å². The Hall–Kier alpha value is -4.05. The fraction of sp³-hybridized carbons (Fsp3) is 0.483. The average molecular weight is 643 g/mol. The highest BCUT2D eigenvalue weighted by atomic mass is 32.2. The number of pyridine rings is 1. The number of nitrogens with zero attached hydrogens (tertiary/aromatic N) is 8. The predicted octanol–water partition coefficient (Wildman–Crippen LogP) is 4.89. The molecule has 1 saturated heterocycles. The lowest BCUT2D eigenvalue weighted by atomic mass is 9.85. The van der Waals surface area contributed by atoms with Crippen molar-refractivity contribution in [2.45, 2.75) is 62.8 Å². The van der Waals surface area contributed by atoms with Crippen molar-refractivity contribution < 1.29 is 21.6 Å². The number of aromatic nitrogens is 7. The molecule has 3 fully saturated rings. The molecule has 7 rings (SSSR count). The second-order valence-corrected chi connectivity index (χ2v) is 14.0. The normalized spacial score (nSPS) is 20.7. The zero-order valence-electron chi connectivity index (χ0n) is 24.4. The van der Waals surface area contributed by atoms with Crippen LogP contribution in [0.5, 0.6) is 0 Å². The van der Waals surface area contributed by atoms with Crippen LogP contribution in [0.3, 0.4) is 0 Å². The van der Waals surface area contributed by atoms with Gasteiger partial charge < -0.3 is 15.5 Å². The molecule has 3 aliphatic rings. The molecule has 0 atom stereocenters. The molecular formula is C29H33F3N10O2S. The Balaban J connectivity index is 1.12. The van der Waals surface area contributed by atoms with E-state index < -0.39 is 27.6 Å². The third kappa shape index (κ3) is 6.38. The first-order valence-electron chi connectivity index (χ1n) is 15.1. The third-order valence-electron chi connectivity index (χ3n) is 8.67. The van der Waals surface area contributed by atoms with Gasteiger partial charge in [0.1, 0.15) is 5.82 Å². The second-order valence-electron chi connectivity index (χ2n) is 12.0. The number of hydrogen-bond acceptors (Lipinski definition) is 10. The van der Waals surface area contributed by atoms with Gasteiger partial charge in [0, 0.05) is 42.3 Å². The van der Waals surface area contributed by atoms with Gasteiger partial charge >= 0.3 is 6.55 Å². The Morgan fingerprint density at radius 1 is 1.02 bits per heavy atom. The molecule has 0 spiro atoms. The highest BCUT2D eigenvalue weighted by Gasteiger charge is 2.37. The zero-order chi connectivity index (χ0) is 31.1. The summed E-state index contributed by atoms with van der Waals surface area (Å²) in [6, 6.07) is 3.35. The van der Waals surface area contributed by atoms with Crippen molar-refractivity contribution in [2.75, 3.05) is 30.3 Å². The fourth-order valence-corrected chi connectivity index (χ4v) is 7.35. The Labute approximate surface area is 258 Å². The van der Waals surface area contributed by atoms with Crippen molar-refractivity contribution in [1.82, 2.24) is 38.8 Å². The molecule has 0 amide bonds. The molecule has 0 aromatic carbocycles. The minimum atomic E-state index is -3.58. The lowest BCUT2D eigenvalue weighted by molar-refractivity contribution is 0.0568. The van der Waals surface area contributed by atoms with Crippen LogP contribution in [0.25, 0.3) is 22.6 Å². The van der Waals surface area contributed by atoms with Gasteiger partial charge in [-0.15, -0.1) is 0 Å². The number of alkyl halides is 2. The molecule has 4 aromatic rings. The van der Waals surface area contributed by atoms with E-state index in [-0.39, 0.29) is 23.5 Å².